The van der Waals surface area contributed by atoms with Gasteiger partial charge in [0.25, 0.3) is 0 Å². The van der Waals surface area contributed by atoms with Crippen LogP contribution in [0.3, 0.4) is 0 Å². The third-order valence-electron chi connectivity index (χ3n) is 5.64. The monoisotopic (exact) mass is 495 g/mol. The standard InChI is InChI=1S/C27H41N7O2/c1-3-5-15-34(16-6-4-2)27-32-25(29-14-18-36-20-19-35-17-13-28)31-26(33-27)30-24-12-11-22-9-7-8-10-23(22)21-24/h7-12,21H,3-6,13-20,28H2,1-2H3,(H2,29,30,31,32,33). The van der Waals surface area contributed by atoms with Gasteiger partial charge in [0, 0.05) is 31.9 Å². The highest BCUT2D eigenvalue weighted by Crippen LogP contribution is 2.23. The summed E-state index contributed by atoms with van der Waals surface area (Å²) in [5, 5.41) is 9.04. The molecule has 0 aliphatic carbocycles. The number of aromatic nitrogens is 3. The predicted octanol–water partition coefficient (Wildman–Crippen LogP) is 4.58. The normalized spacial score (nSPS) is 11.1. The summed E-state index contributed by atoms with van der Waals surface area (Å²) >= 11 is 0. The van der Waals surface area contributed by atoms with Gasteiger partial charge in [-0.05, 0) is 35.7 Å². The molecule has 0 bridgehead atoms. The molecular weight excluding hydrogens is 454 g/mol. The maximum Gasteiger partial charge on any atom is 0.233 e. The van der Waals surface area contributed by atoms with Crippen molar-refractivity contribution in [3.05, 3.63) is 42.5 Å². The molecule has 1 heterocycles. The lowest BCUT2D eigenvalue weighted by atomic mass is 10.1. The molecule has 0 amide bonds. The number of rotatable bonds is 18. The van der Waals surface area contributed by atoms with Crippen LogP contribution in [-0.4, -0.2) is 67.6 Å². The van der Waals surface area contributed by atoms with Crippen LogP contribution in [0.4, 0.5) is 23.5 Å². The van der Waals surface area contributed by atoms with Gasteiger partial charge in [0.2, 0.25) is 17.8 Å². The molecule has 0 aliphatic rings. The highest BCUT2D eigenvalue weighted by Gasteiger charge is 2.14. The Morgan fingerprint density at radius 3 is 2.22 bits per heavy atom. The predicted molar refractivity (Wildman–Crippen MR) is 148 cm³/mol. The zero-order valence-corrected chi connectivity index (χ0v) is 21.7. The summed E-state index contributed by atoms with van der Waals surface area (Å²) in [6, 6.07) is 14.6. The van der Waals surface area contributed by atoms with Gasteiger partial charge in [-0.1, -0.05) is 57.0 Å². The minimum absolute atomic E-state index is 0.520. The SMILES string of the molecule is CCCCN(CCCC)c1nc(NCCOCCOCCN)nc(Nc2ccc3ccccc3c2)n1. The molecule has 0 aliphatic heterocycles. The Morgan fingerprint density at radius 1 is 0.806 bits per heavy atom. The van der Waals surface area contributed by atoms with Gasteiger partial charge in [-0.15, -0.1) is 0 Å². The number of ether oxygens (including phenoxy) is 2. The molecule has 36 heavy (non-hydrogen) atoms. The second kappa shape index (κ2) is 15.9. The third kappa shape index (κ3) is 9.22. The van der Waals surface area contributed by atoms with Gasteiger partial charge in [-0.2, -0.15) is 15.0 Å². The summed E-state index contributed by atoms with van der Waals surface area (Å²) in [5.74, 6) is 1.74. The fourth-order valence-corrected chi connectivity index (χ4v) is 3.69. The Kier molecular flexibility index (Phi) is 12.2. The number of unbranched alkanes of at least 4 members (excludes halogenated alkanes) is 2. The minimum atomic E-state index is 0.520. The van der Waals surface area contributed by atoms with Crippen LogP contribution in [0.1, 0.15) is 39.5 Å². The van der Waals surface area contributed by atoms with E-state index in [9.17, 15) is 0 Å². The van der Waals surface area contributed by atoms with Gasteiger partial charge in [0.15, 0.2) is 0 Å². The van der Waals surface area contributed by atoms with E-state index in [1.807, 2.05) is 18.2 Å². The summed E-state index contributed by atoms with van der Waals surface area (Å²) in [6.45, 7) is 9.48. The van der Waals surface area contributed by atoms with Crippen LogP contribution in [0.2, 0.25) is 0 Å². The number of benzene rings is 2. The summed E-state index contributed by atoms with van der Waals surface area (Å²) in [5.41, 5.74) is 6.36. The topological polar surface area (TPSA) is 110 Å². The molecule has 9 heteroatoms. The van der Waals surface area contributed by atoms with Crippen molar-refractivity contribution in [3.8, 4) is 0 Å². The maximum atomic E-state index is 5.63. The number of anilines is 4. The number of nitrogens with one attached hydrogen (secondary N) is 2. The Morgan fingerprint density at radius 2 is 1.50 bits per heavy atom. The van der Waals surface area contributed by atoms with E-state index in [1.165, 1.54) is 5.39 Å². The molecule has 4 N–H and O–H groups in total. The Bertz CT molecular complexity index is 1030. The molecule has 0 saturated carbocycles. The van der Waals surface area contributed by atoms with Crippen molar-refractivity contribution in [2.75, 3.05) is 68.1 Å². The van der Waals surface area contributed by atoms with Crippen molar-refractivity contribution in [2.24, 2.45) is 5.73 Å². The molecular formula is C27H41N7O2. The minimum Gasteiger partial charge on any atom is -0.378 e. The number of fused-ring (bicyclic) bond motifs is 1. The van der Waals surface area contributed by atoms with Crippen LogP contribution >= 0.6 is 0 Å². The lowest BCUT2D eigenvalue weighted by molar-refractivity contribution is 0.0547. The largest absolute Gasteiger partial charge is 0.378 e. The lowest BCUT2D eigenvalue weighted by Crippen LogP contribution is -2.28. The number of nitrogens with zero attached hydrogens (tertiary/aromatic N) is 4. The van der Waals surface area contributed by atoms with Crippen LogP contribution in [0.15, 0.2) is 42.5 Å². The summed E-state index contributed by atoms with van der Waals surface area (Å²) in [4.78, 5) is 16.4. The van der Waals surface area contributed by atoms with Crippen molar-refractivity contribution in [1.29, 1.82) is 0 Å². The highest BCUT2D eigenvalue weighted by molar-refractivity contribution is 5.86. The van der Waals surface area contributed by atoms with E-state index in [1.54, 1.807) is 0 Å². The van der Waals surface area contributed by atoms with E-state index < -0.39 is 0 Å². The first-order valence-corrected chi connectivity index (χ1v) is 13.1. The quantitative estimate of drug-likeness (QED) is 0.218. The van der Waals surface area contributed by atoms with E-state index >= 15 is 0 Å². The fourth-order valence-electron chi connectivity index (χ4n) is 3.69. The van der Waals surface area contributed by atoms with E-state index in [0.717, 1.165) is 49.8 Å². The zero-order valence-electron chi connectivity index (χ0n) is 21.7. The molecule has 0 unspecified atom stereocenters. The molecule has 0 atom stereocenters. The molecule has 0 spiro atoms. The molecule has 3 aromatic rings. The molecule has 196 valence electrons. The first kappa shape index (κ1) is 27.6. The third-order valence-corrected chi connectivity index (χ3v) is 5.64. The number of hydrogen-bond acceptors (Lipinski definition) is 9. The van der Waals surface area contributed by atoms with Gasteiger partial charge >= 0.3 is 0 Å². The molecule has 9 nitrogen and oxygen atoms in total. The van der Waals surface area contributed by atoms with E-state index in [2.05, 4.69) is 58.6 Å². The van der Waals surface area contributed by atoms with E-state index in [4.69, 9.17) is 25.2 Å². The summed E-state index contributed by atoms with van der Waals surface area (Å²) in [7, 11) is 0. The average Bonchev–Trinajstić information content (AvgIpc) is 2.90. The average molecular weight is 496 g/mol. The van der Waals surface area contributed by atoms with Gasteiger partial charge in [-0.25, -0.2) is 0 Å². The van der Waals surface area contributed by atoms with Crippen LogP contribution in [0.5, 0.6) is 0 Å². The summed E-state index contributed by atoms with van der Waals surface area (Å²) < 4.78 is 11.0. The van der Waals surface area contributed by atoms with Crippen LogP contribution in [-0.2, 0) is 9.47 Å². The molecule has 0 fully saturated rings. The highest BCUT2D eigenvalue weighted by atomic mass is 16.5. The molecule has 0 saturated heterocycles. The van der Waals surface area contributed by atoms with Crippen molar-refractivity contribution in [2.45, 2.75) is 39.5 Å². The van der Waals surface area contributed by atoms with Crippen molar-refractivity contribution in [3.63, 3.8) is 0 Å². The number of hydrogen-bond donors (Lipinski definition) is 3. The van der Waals surface area contributed by atoms with Crippen molar-refractivity contribution >= 4 is 34.3 Å². The van der Waals surface area contributed by atoms with Gasteiger partial charge in [0.05, 0.1) is 26.4 Å². The van der Waals surface area contributed by atoms with E-state index in [0.29, 0.717) is 57.4 Å². The zero-order chi connectivity index (χ0) is 25.4. The van der Waals surface area contributed by atoms with Crippen LogP contribution < -0.4 is 21.3 Å². The fraction of sp³-hybridized carbons (Fsp3) is 0.519. The summed E-state index contributed by atoms with van der Waals surface area (Å²) in [6.07, 6.45) is 4.41. The Labute approximate surface area is 214 Å². The smallest absolute Gasteiger partial charge is 0.233 e. The van der Waals surface area contributed by atoms with Gasteiger partial charge in [0.1, 0.15) is 0 Å². The first-order valence-electron chi connectivity index (χ1n) is 13.1. The Balaban J connectivity index is 1.73. The lowest BCUT2D eigenvalue weighted by Gasteiger charge is -2.23. The van der Waals surface area contributed by atoms with Gasteiger partial charge in [-0.3, -0.25) is 0 Å². The molecule has 2 aromatic carbocycles. The molecule has 1 aromatic heterocycles. The van der Waals surface area contributed by atoms with E-state index in [-0.39, 0.29) is 0 Å². The first-order chi connectivity index (χ1) is 17.7. The molecule has 0 radical (unpaired) electrons. The second-order valence-electron chi connectivity index (χ2n) is 8.60. The van der Waals surface area contributed by atoms with Gasteiger partial charge < -0.3 is 30.7 Å². The Hall–Kier alpha value is -3.01. The van der Waals surface area contributed by atoms with Crippen LogP contribution in [0, 0.1) is 0 Å². The van der Waals surface area contributed by atoms with Crippen LogP contribution in [0.25, 0.3) is 10.8 Å². The maximum absolute atomic E-state index is 5.63. The second-order valence-corrected chi connectivity index (χ2v) is 8.60. The molecule has 3 rings (SSSR count). The number of nitrogens with two attached hydrogens (primary N) is 1. The van der Waals surface area contributed by atoms with Crippen molar-refractivity contribution in [1.82, 2.24) is 15.0 Å². The van der Waals surface area contributed by atoms with Crippen molar-refractivity contribution < 1.29 is 9.47 Å².